The minimum Gasteiger partial charge on any atom is -0.106 e. The number of hydrogen-bond acceptors (Lipinski definition) is 0. The van der Waals surface area contributed by atoms with E-state index in [0.29, 0.717) is 0 Å². The summed E-state index contributed by atoms with van der Waals surface area (Å²) in [6.45, 7) is 29.5. The van der Waals surface area contributed by atoms with E-state index in [1.165, 1.54) is 5.57 Å². The van der Waals surface area contributed by atoms with E-state index in [-0.39, 0.29) is 37.7 Å². The maximum absolute atomic E-state index is 3.56. The second-order valence-corrected chi connectivity index (χ2v) is 1.21. The van der Waals surface area contributed by atoms with Gasteiger partial charge in [0.2, 0.25) is 0 Å². The summed E-state index contributed by atoms with van der Waals surface area (Å²) < 4.78 is 0. The van der Waals surface area contributed by atoms with Gasteiger partial charge in [-0.3, -0.25) is 0 Å². The van der Waals surface area contributed by atoms with Crippen LogP contribution in [-0.2, 0) is 0 Å². The smallest absolute Gasteiger partial charge is 0 e. The van der Waals surface area contributed by atoms with Crippen LogP contribution in [0.1, 0.15) is 69.2 Å². The Morgan fingerprint density at radius 2 is 0.600 bits per heavy atom. The van der Waals surface area contributed by atoms with Crippen molar-refractivity contribution < 1.29 is 37.7 Å². The van der Waals surface area contributed by atoms with Crippen molar-refractivity contribution in [3.05, 3.63) is 25.3 Å². The number of hydrogen-bond donors (Lipinski definition) is 0. The molecular weight excluding hydrogens is 208 g/mol. The van der Waals surface area contributed by atoms with Gasteiger partial charge in [-0.25, -0.2) is 0 Å². The van der Waals surface area contributed by atoms with E-state index in [2.05, 4.69) is 19.7 Å². The van der Waals surface area contributed by atoms with Gasteiger partial charge in [0.05, 0.1) is 0 Å². The van der Waals surface area contributed by atoms with E-state index < -0.39 is 0 Å². The van der Waals surface area contributed by atoms with E-state index in [1.54, 1.807) is 0 Å². The van der Waals surface area contributed by atoms with Crippen molar-refractivity contribution in [2.75, 3.05) is 0 Å². The van der Waals surface area contributed by atoms with Crippen LogP contribution in [0.5, 0.6) is 0 Å². The maximum atomic E-state index is 3.56. The summed E-state index contributed by atoms with van der Waals surface area (Å²) in [6.07, 6.45) is 0. The van der Waals surface area contributed by atoms with Gasteiger partial charge in [-0.2, -0.15) is 0 Å². The minimum absolute atomic E-state index is 0. The summed E-state index contributed by atoms with van der Waals surface area (Å²) in [6, 6.07) is 0. The third kappa shape index (κ3) is 4370. The molecule has 0 aromatic carbocycles. The molecule has 0 unspecified atom stereocenters. The van der Waals surface area contributed by atoms with Gasteiger partial charge in [0.25, 0.3) is 0 Å². The van der Waals surface area contributed by atoms with E-state index >= 15 is 0 Å². The average molecular weight is 244 g/mol. The molecule has 0 aliphatic rings. The van der Waals surface area contributed by atoms with Crippen LogP contribution in [0.2, 0.25) is 0 Å². The zero-order valence-electron chi connectivity index (χ0n) is 13.0. The normalized spacial score (nSPS) is 3.60. The quantitative estimate of drug-likeness (QED) is 0.427. The van der Waals surface area contributed by atoms with Crippen molar-refractivity contribution in [2.45, 2.75) is 69.2 Å². The Morgan fingerprint density at radius 3 is 0.600 bits per heavy atom. The fraction of sp³-hybridized carbons (Fsp3) is 0.714. The van der Waals surface area contributed by atoms with Crippen LogP contribution in [-0.4, -0.2) is 0 Å². The Bertz CT molecular complexity index is 36.6. The molecule has 0 saturated heterocycles. The topological polar surface area (TPSA) is 0 Å². The zero-order chi connectivity index (χ0) is 13.6. The predicted octanol–water partition coefficient (Wildman–Crippen LogP) is 6.49. The molecule has 0 aromatic rings. The molecule has 0 N–H and O–H groups in total. The van der Waals surface area contributed by atoms with Crippen molar-refractivity contribution in [2.24, 2.45) is 0 Å². The molecule has 0 heterocycles. The molecule has 100 valence electrons. The van der Waals surface area contributed by atoms with Crippen molar-refractivity contribution in [3.8, 4) is 0 Å². The Balaban J connectivity index is -0.0000000105. The van der Waals surface area contributed by atoms with Crippen molar-refractivity contribution in [1.29, 1.82) is 0 Å². The van der Waals surface area contributed by atoms with Gasteiger partial charge >= 0.3 is 0 Å². The minimum atomic E-state index is 0. The molecule has 0 spiro atoms. The summed E-state index contributed by atoms with van der Waals surface area (Å²) in [5, 5.41) is 0. The molecule has 0 radical (unpaired) electrons. The number of allylic oxidation sites excluding steroid dienone is 1. The van der Waals surface area contributed by atoms with E-state index in [9.17, 15) is 0 Å². The molecule has 0 aromatic heterocycles. The summed E-state index contributed by atoms with van der Waals surface area (Å²) >= 11 is 0. The first kappa shape index (κ1) is 44.8. The Kier molecular flexibility index (Phi) is 594. The Morgan fingerprint density at radius 1 is 0.600 bits per heavy atom. The third-order valence-corrected chi connectivity index (χ3v) is 0. The zero-order valence-corrected chi connectivity index (χ0v) is 13.7. The van der Waals surface area contributed by atoms with E-state index in [4.69, 9.17) is 0 Å². The summed E-state index contributed by atoms with van der Waals surface area (Å²) in [5.74, 6) is 0. The predicted molar refractivity (Wildman–Crippen MR) is 77.1 cm³/mol. The molecule has 0 amide bonds. The number of rotatable bonds is 0. The first-order valence-corrected chi connectivity index (χ1v) is 5.85. The maximum Gasteiger partial charge on any atom is 0 e. The molecule has 0 nitrogen and oxygen atoms in total. The molecule has 0 aliphatic heterocycles. The van der Waals surface area contributed by atoms with Gasteiger partial charge in [-0.05, 0) is 13.8 Å². The van der Waals surface area contributed by atoms with Gasteiger partial charge in [0.15, 0.2) is 0 Å². The van der Waals surface area contributed by atoms with Crippen molar-refractivity contribution in [3.63, 3.8) is 0 Å². The molecule has 0 aliphatic carbocycles. The molecule has 0 atom stereocenters. The summed E-state index contributed by atoms with van der Waals surface area (Å²) in [7, 11) is 0. The van der Waals surface area contributed by atoms with Gasteiger partial charge in [0.1, 0.15) is 0 Å². The second kappa shape index (κ2) is 199. The SMILES string of the molecule is C=C.C=C(C)C.CC.CC.CC.CC.[Ar]. The van der Waals surface area contributed by atoms with Crippen molar-refractivity contribution >= 4 is 0 Å². The first-order valence-electron chi connectivity index (χ1n) is 5.85. The van der Waals surface area contributed by atoms with Crippen LogP contribution in [0.25, 0.3) is 0 Å². The Hall–Kier alpha value is 0.740. The molecular formula is C14H36Ar. The van der Waals surface area contributed by atoms with Gasteiger partial charge in [-0.15, -0.1) is 19.7 Å². The fourth-order valence-corrected chi connectivity index (χ4v) is 0. The van der Waals surface area contributed by atoms with E-state index in [0.717, 1.165) is 0 Å². The summed E-state index contributed by atoms with van der Waals surface area (Å²) in [4.78, 5) is 0. The molecule has 0 rings (SSSR count). The average Bonchev–Trinajstić information content (AvgIpc) is 2.30. The van der Waals surface area contributed by atoms with Crippen LogP contribution >= 0.6 is 0 Å². The van der Waals surface area contributed by atoms with Crippen LogP contribution in [0.4, 0.5) is 0 Å². The van der Waals surface area contributed by atoms with Gasteiger partial charge in [0, 0.05) is 37.7 Å². The molecule has 0 bridgehead atoms. The molecule has 0 fully saturated rings. The summed E-state index contributed by atoms with van der Waals surface area (Å²) in [5.41, 5.74) is 1.17. The van der Waals surface area contributed by atoms with Crippen LogP contribution in [0.3, 0.4) is 0 Å². The molecule has 1 heteroatoms. The molecule has 0 saturated carbocycles. The first-order chi connectivity index (χ1) is 6.73. The molecule has 15 heavy (non-hydrogen) atoms. The Labute approximate surface area is 131 Å². The van der Waals surface area contributed by atoms with Crippen LogP contribution in [0.15, 0.2) is 25.3 Å². The third-order valence-electron chi connectivity index (χ3n) is 0. The van der Waals surface area contributed by atoms with Gasteiger partial charge < -0.3 is 0 Å². The standard InChI is InChI=1S/C4H8.4C2H6.C2H4.Ar/c1-4(2)3;5*1-2;/h1H2,2-3H3;4*1-2H3;1-2H2;. The monoisotopic (exact) mass is 244 g/mol. The fourth-order valence-electron chi connectivity index (χ4n) is 0. The van der Waals surface area contributed by atoms with Crippen LogP contribution < -0.4 is 0 Å². The largest absolute Gasteiger partial charge is 0.106 e. The van der Waals surface area contributed by atoms with Crippen LogP contribution in [0, 0.1) is 37.7 Å². The van der Waals surface area contributed by atoms with Gasteiger partial charge in [-0.1, -0.05) is 61.0 Å². The van der Waals surface area contributed by atoms with Crippen molar-refractivity contribution in [1.82, 2.24) is 0 Å². The van der Waals surface area contributed by atoms with E-state index in [1.807, 2.05) is 69.2 Å². The second-order valence-electron chi connectivity index (χ2n) is 1.21.